The fraction of sp³-hybridized carbons (Fsp3) is 0.417. The first-order chi connectivity index (χ1) is 15.6. The molecule has 8 heteroatoms. The first-order valence-corrected chi connectivity index (χ1v) is 11.2. The minimum Gasteiger partial charge on any atom is -0.489 e. The van der Waals surface area contributed by atoms with Crippen molar-refractivity contribution in [3.8, 4) is 5.75 Å². The second kappa shape index (κ2) is 8.70. The molecule has 1 fully saturated rings. The van der Waals surface area contributed by atoms with Gasteiger partial charge in [-0.1, -0.05) is 0 Å². The Bertz CT molecular complexity index is 1060. The Morgan fingerprint density at radius 1 is 1.16 bits per heavy atom. The standard InChI is InChI=1S/C24H26N4O4/c29-22-7-6-20(23(30)27-22)28-14-16-12-17(4-5-18(16)24(28)31)32-21-3-1-2-19(21)26-13-15-8-10-25-11-9-15/h4-5,8-12,19-21,26H,1-3,6-7,13-14H2,(H,27,29,30)/p+1/t19-,20?,21+/m0/s1. The summed E-state index contributed by atoms with van der Waals surface area (Å²) in [7, 11) is 0. The van der Waals surface area contributed by atoms with Crippen LogP contribution in [-0.2, 0) is 17.9 Å². The summed E-state index contributed by atoms with van der Waals surface area (Å²) in [5.41, 5.74) is 2.71. The van der Waals surface area contributed by atoms with E-state index in [0.717, 1.165) is 37.1 Å². The average molecular weight is 436 g/mol. The van der Waals surface area contributed by atoms with Gasteiger partial charge in [0.1, 0.15) is 11.9 Å². The Hall–Kier alpha value is -3.26. The Kier molecular flexibility index (Phi) is 5.61. The van der Waals surface area contributed by atoms with Crippen LogP contribution in [0.15, 0.2) is 42.7 Å². The number of rotatable bonds is 6. The molecule has 0 saturated heterocycles. The lowest BCUT2D eigenvalue weighted by molar-refractivity contribution is -0.394. The van der Waals surface area contributed by atoms with Gasteiger partial charge in [0.15, 0.2) is 6.04 Å². The third-order valence-corrected chi connectivity index (χ3v) is 6.57. The maximum atomic E-state index is 12.9. The molecule has 2 aliphatic heterocycles. The van der Waals surface area contributed by atoms with Crippen LogP contribution in [0.4, 0.5) is 0 Å². The SMILES string of the molecule is O=C1CCC(N2Cc3cc(O[C@@H]4CCC[C@@H]4NCc4ccncc4)ccc3C2=O)C(O)=[NH+]1. The predicted molar refractivity (Wildman–Crippen MR) is 116 cm³/mol. The summed E-state index contributed by atoms with van der Waals surface area (Å²) < 4.78 is 6.34. The number of nitrogens with one attached hydrogen (secondary N) is 2. The van der Waals surface area contributed by atoms with Gasteiger partial charge in [-0.25, -0.2) is 4.79 Å². The molecule has 0 spiro atoms. The topological polar surface area (TPSA) is 106 Å². The van der Waals surface area contributed by atoms with E-state index in [4.69, 9.17) is 4.74 Å². The molecule has 3 aliphatic rings. The highest BCUT2D eigenvalue weighted by Crippen LogP contribution is 2.31. The number of hydrogen-bond acceptors (Lipinski definition) is 5. The number of hydrogen-bond donors (Lipinski definition) is 3. The van der Waals surface area contributed by atoms with E-state index < -0.39 is 6.04 Å². The zero-order valence-electron chi connectivity index (χ0n) is 17.8. The molecule has 8 nitrogen and oxygen atoms in total. The van der Waals surface area contributed by atoms with Gasteiger partial charge in [0.05, 0.1) is 6.42 Å². The highest BCUT2D eigenvalue weighted by molar-refractivity contribution is 6.01. The third-order valence-electron chi connectivity index (χ3n) is 6.57. The van der Waals surface area contributed by atoms with Crippen molar-refractivity contribution in [2.45, 2.75) is 63.4 Å². The van der Waals surface area contributed by atoms with Crippen molar-refractivity contribution < 1.29 is 24.4 Å². The number of pyridine rings is 1. The summed E-state index contributed by atoms with van der Waals surface area (Å²) in [6, 6.07) is 9.39. The molecule has 3 atom stereocenters. The van der Waals surface area contributed by atoms with Crippen LogP contribution >= 0.6 is 0 Å². The van der Waals surface area contributed by atoms with Crippen molar-refractivity contribution in [3.05, 3.63) is 59.4 Å². The van der Waals surface area contributed by atoms with Crippen molar-refractivity contribution >= 4 is 17.7 Å². The van der Waals surface area contributed by atoms with Crippen molar-refractivity contribution in [1.29, 1.82) is 0 Å². The number of aliphatic hydroxyl groups excluding tert-OH is 1. The molecule has 3 heterocycles. The van der Waals surface area contributed by atoms with Gasteiger partial charge in [-0.3, -0.25) is 9.78 Å². The second-order valence-electron chi connectivity index (χ2n) is 8.67. The maximum absolute atomic E-state index is 12.9. The summed E-state index contributed by atoms with van der Waals surface area (Å²) >= 11 is 0. The maximum Gasteiger partial charge on any atom is 0.388 e. The Morgan fingerprint density at radius 3 is 2.81 bits per heavy atom. The number of nitrogens with zero attached hydrogens (tertiary/aromatic N) is 2. The van der Waals surface area contributed by atoms with Gasteiger partial charge in [0.25, 0.3) is 5.91 Å². The van der Waals surface area contributed by atoms with E-state index in [1.165, 1.54) is 5.56 Å². The van der Waals surface area contributed by atoms with Gasteiger partial charge in [-0.05, 0) is 67.1 Å². The number of ether oxygens (including phenoxy) is 1. The van der Waals surface area contributed by atoms with E-state index in [1.807, 2.05) is 24.3 Å². The van der Waals surface area contributed by atoms with Crippen LogP contribution in [0, 0.1) is 0 Å². The van der Waals surface area contributed by atoms with Gasteiger partial charge in [-0.15, -0.1) is 4.99 Å². The highest BCUT2D eigenvalue weighted by Gasteiger charge is 2.41. The van der Waals surface area contributed by atoms with Crippen LogP contribution in [-0.4, -0.2) is 50.9 Å². The smallest absolute Gasteiger partial charge is 0.388 e. The Labute approximate surface area is 186 Å². The molecule has 1 aromatic carbocycles. The Balaban J connectivity index is 1.25. The first-order valence-electron chi connectivity index (χ1n) is 11.2. The molecule has 0 bridgehead atoms. The predicted octanol–water partition coefficient (Wildman–Crippen LogP) is 0.853. The van der Waals surface area contributed by atoms with Crippen molar-refractivity contribution in [1.82, 2.24) is 15.2 Å². The fourth-order valence-corrected chi connectivity index (χ4v) is 4.87. The van der Waals surface area contributed by atoms with E-state index in [1.54, 1.807) is 23.4 Å². The number of benzene rings is 1. The van der Waals surface area contributed by atoms with Gasteiger partial charge >= 0.3 is 11.8 Å². The van der Waals surface area contributed by atoms with Crippen LogP contribution in [0.1, 0.15) is 53.6 Å². The summed E-state index contributed by atoms with van der Waals surface area (Å²) in [5.74, 6) is 0.262. The number of aliphatic hydroxyl groups is 1. The van der Waals surface area contributed by atoms with E-state index >= 15 is 0 Å². The van der Waals surface area contributed by atoms with Crippen LogP contribution in [0.25, 0.3) is 0 Å². The highest BCUT2D eigenvalue weighted by atomic mass is 16.5. The van der Waals surface area contributed by atoms with Crippen molar-refractivity contribution in [2.75, 3.05) is 0 Å². The lowest BCUT2D eigenvalue weighted by Gasteiger charge is -2.24. The largest absolute Gasteiger partial charge is 0.489 e. The third kappa shape index (κ3) is 4.10. The van der Waals surface area contributed by atoms with Crippen LogP contribution in [0.5, 0.6) is 5.75 Å². The van der Waals surface area contributed by atoms with Crippen LogP contribution < -0.4 is 15.0 Å². The molecule has 1 saturated carbocycles. The van der Waals surface area contributed by atoms with E-state index in [0.29, 0.717) is 24.9 Å². The van der Waals surface area contributed by atoms with Crippen molar-refractivity contribution in [3.63, 3.8) is 0 Å². The number of carbonyl (C=O) groups excluding carboxylic acids is 2. The molecule has 2 aromatic rings. The molecule has 32 heavy (non-hydrogen) atoms. The fourth-order valence-electron chi connectivity index (χ4n) is 4.87. The quantitative estimate of drug-likeness (QED) is 0.621. The molecular weight excluding hydrogens is 408 g/mol. The first kappa shape index (κ1) is 20.6. The van der Waals surface area contributed by atoms with E-state index in [9.17, 15) is 14.7 Å². The molecule has 2 amide bonds. The number of aromatic nitrogens is 1. The van der Waals surface area contributed by atoms with Crippen LogP contribution in [0.2, 0.25) is 0 Å². The minimum absolute atomic E-state index is 0.0778. The van der Waals surface area contributed by atoms with E-state index in [2.05, 4.69) is 15.3 Å². The Morgan fingerprint density at radius 2 is 2.00 bits per heavy atom. The zero-order valence-corrected chi connectivity index (χ0v) is 17.8. The summed E-state index contributed by atoms with van der Waals surface area (Å²) in [6.45, 7) is 1.17. The summed E-state index contributed by atoms with van der Waals surface area (Å²) in [4.78, 5) is 32.5. The summed E-state index contributed by atoms with van der Waals surface area (Å²) in [6.07, 6.45) is 7.55. The molecule has 3 N–H and O–H groups in total. The van der Waals surface area contributed by atoms with Crippen LogP contribution in [0.3, 0.4) is 0 Å². The average Bonchev–Trinajstić information content (AvgIpc) is 3.37. The molecule has 1 unspecified atom stereocenters. The van der Waals surface area contributed by atoms with Gasteiger partial charge in [0.2, 0.25) is 0 Å². The molecule has 1 aliphatic carbocycles. The van der Waals surface area contributed by atoms with E-state index in [-0.39, 0.29) is 29.9 Å². The molecule has 1 aromatic heterocycles. The lowest BCUT2D eigenvalue weighted by atomic mass is 10.1. The normalized spacial score (nSPS) is 25.1. The molecule has 166 valence electrons. The number of fused-ring (bicyclic) bond motifs is 1. The lowest BCUT2D eigenvalue weighted by Crippen LogP contribution is -2.82. The monoisotopic (exact) mass is 435 g/mol. The zero-order chi connectivity index (χ0) is 22.1. The molecule has 0 radical (unpaired) electrons. The summed E-state index contributed by atoms with van der Waals surface area (Å²) in [5, 5.41) is 13.8. The molecular formula is C24H27N4O4+. The van der Waals surface area contributed by atoms with Gasteiger partial charge in [0, 0.05) is 37.1 Å². The molecule has 5 rings (SSSR count). The van der Waals surface area contributed by atoms with Gasteiger partial charge < -0.3 is 20.1 Å². The number of amides is 2. The van der Waals surface area contributed by atoms with Gasteiger partial charge in [-0.2, -0.15) is 0 Å². The second-order valence-corrected chi connectivity index (χ2v) is 8.67. The minimum atomic E-state index is -0.492. The van der Waals surface area contributed by atoms with Crippen molar-refractivity contribution in [2.24, 2.45) is 0 Å². The number of carbonyl (C=O) groups is 2.